The third-order valence-electron chi connectivity index (χ3n) is 3.72. The minimum Gasteiger partial charge on any atom is -0.126 e. The van der Waals surface area contributed by atoms with Gasteiger partial charge < -0.3 is 0 Å². The van der Waals surface area contributed by atoms with Gasteiger partial charge in [-0.3, -0.25) is 0 Å². The largest absolute Gasteiger partial charge is 0.126 e. The Hall–Kier alpha value is -0.200. The standard InChI is InChI=1S/C14H18Cl2/c1-11-4-5-12(13(16)8-11)9-14(10-15)6-2-3-7-14/h4-5,8H,2-3,6-7,9-10H2,1H3. The van der Waals surface area contributed by atoms with Crippen molar-refractivity contribution < 1.29 is 0 Å². The number of hydrogen-bond donors (Lipinski definition) is 0. The molecule has 0 atom stereocenters. The molecule has 1 aromatic carbocycles. The molecular weight excluding hydrogens is 239 g/mol. The molecule has 0 radical (unpaired) electrons. The summed E-state index contributed by atoms with van der Waals surface area (Å²) in [6.07, 6.45) is 6.17. The maximum absolute atomic E-state index is 6.28. The van der Waals surface area contributed by atoms with Crippen LogP contribution in [0.5, 0.6) is 0 Å². The molecule has 0 unspecified atom stereocenters. The fourth-order valence-corrected chi connectivity index (χ4v) is 3.35. The predicted molar refractivity (Wildman–Crippen MR) is 71.5 cm³/mol. The van der Waals surface area contributed by atoms with Gasteiger partial charge in [0.1, 0.15) is 0 Å². The Balaban J connectivity index is 2.19. The minimum atomic E-state index is 0.306. The molecule has 0 saturated heterocycles. The van der Waals surface area contributed by atoms with Gasteiger partial charge in [0.25, 0.3) is 0 Å². The van der Waals surface area contributed by atoms with E-state index in [2.05, 4.69) is 19.1 Å². The molecule has 1 saturated carbocycles. The van der Waals surface area contributed by atoms with Crippen molar-refractivity contribution in [2.45, 2.75) is 39.0 Å². The summed E-state index contributed by atoms with van der Waals surface area (Å²) in [5.41, 5.74) is 2.79. The van der Waals surface area contributed by atoms with Gasteiger partial charge in [-0.1, -0.05) is 36.6 Å². The van der Waals surface area contributed by atoms with Crippen LogP contribution in [0.2, 0.25) is 5.02 Å². The van der Waals surface area contributed by atoms with E-state index in [-0.39, 0.29) is 0 Å². The summed E-state index contributed by atoms with van der Waals surface area (Å²) in [5, 5.41) is 0.899. The lowest BCUT2D eigenvalue weighted by Gasteiger charge is -2.26. The summed E-state index contributed by atoms with van der Waals surface area (Å²) < 4.78 is 0. The summed E-state index contributed by atoms with van der Waals surface area (Å²) in [5.74, 6) is 0.761. The van der Waals surface area contributed by atoms with Crippen molar-refractivity contribution >= 4 is 23.2 Å². The molecule has 0 bridgehead atoms. The number of benzene rings is 1. The zero-order valence-corrected chi connectivity index (χ0v) is 11.2. The highest BCUT2D eigenvalue weighted by Crippen LogP contribution is 2.42. The summed E-state index contributed by atoms with van der Waals surface area (Å²) in [6.45, 7) is 2.07. The molecule has 1 aliphatic rings. The molecule has 0 aliphatic heterocycles. The highest BCUT2D eigenvalue weighted by molar-refractivity contribution is 6.31. The average Bonchev–Trinajstić information content (AvgIpc) is 2.72. The average molecular weight is 257 g/mol. The second kappa shape index (κ2) is 4.98. The summed E-state index contributed by atoms with van der Waals surface area (Å²) >= 11 is 12.4. The topological polar surface area (TPSA) is 0 Å². The first-order chi connectivity index (χ1) is 7.65. The van der Waals surface area contributed by atoms with Crippen LogP contribution in [0.4, 0.5) is 0 Å². The van der Waals surface area contributed by atoms with E-state index < -0.39 is 0 Å². The Morgan fingerprint density at radius 1 is 1.25 bits per heavy atom. The van der Waals surface area contributed by atoms with Gasteiger partial charge in [0, 0.05) is 10.9 Å². The van der Waals surface area contributed by atoms with Crippen molar-refractivity contribution in [3.05, 3.63) is 34.3 Å². The maximum Gasteiger partial charge on any atom is 0.0440 e. The molecule has 1 aliphatic carbocycles. The summed E-state index contributed by atoms with van der Waals surface area (Å²) in [7, 11) is 0. The fourth-order valence-electron chi connectivity index (χ4n) is 2.68. The molecule has 0 N–H and O–H groups in total. The lowest BCUT2D eigenvalue weighted by Crippen LogP contribution is -2.21. The van der Waals surface area contributed by atoms with Gasteiger partial charge in [0.05, 0.1) is 0 Å². The van der Waals surface area contributed by atoms with Crippen LogP contribution in [-0.2, 0) is 6.42 Å². The lowest BCUT2D eigenvalue weighted by atomic mass is 9.82. The number of aryl methyl sites for hydroxylation is 1. The van der Waals surface area contributed by atoms with Crippen LogP contribution in [0.3, 0.4) is 0 Å². The second-order valence-corrected chi connectivity index (χ2v) is 5.79. The molecule has 1 aromatic rings. The van der Waals surface area contributed by atoms with Crippen molar-refractivity contribution in [1.82, 2.24) is 0 Å². The smallest absolute Gasteiger partial charge is 0.0440 e. The Labute approximate surface area is 108 Å². The number of alkyl halides is 1. The van der Waals surface area contributed by atoms with Crippen LogP contribution in [0.25, 0.3) is 0 Å². The monoisotopic (exact) mass is 256 g/mol. The summed E-state index contributed by atoms with van der Waals surface area (Å²) in [6, 6.07) is 6.34. The third kappa shape index (κ3) is 2.55. The van der Waals surface area contributed by atoms with Crippen LogP contribution in [0, 0.1) is 12.3 Å². The van der Waals surface area contributed by atoms with Crippen molar-refractivity contribution in [2.24, 2.45) is 5.41 Å². The number of halogens is 2. The van der Waals surface area contributed by atoms with Crippen molar-refractivity contribution in [1.29, 1.82) is 0 Å². The first-order valence-corrected chi connectivity index (χ1v) is 6.87. The van der Waals surface area contributed by atoms with Gasteiger partial charge in [0.15, 0.2) is 0 Å². The van der Waals surface area contributed by atoms with Gasteiger partial charge in [0.2, 0.25) is 0 Å². The van der Waals surface area contributed by atoms with Crippen LogP contribution in [-0.4, -0.2) is 5.88 Å². The molecule has 1 fully saturated rings. The van der Waals surface area contributed by atoms with E-state index in [1.807, 2.05) is 6.07 Å². The summed E-state index contributed by atoms with van der Waals surface area (Å²) in [4.78, 5) is 0. The van der Waals surface area contributed by atoms with Crippen molar-refractivity contribution in [3.8, 4) is 0 Å². The highest BCUT2D eigenvalue weighted by atomic mass is 35.5. The van der Waals surface area contributed by atoms with Gasteiger partial charge >= 0.3 is 0 Å². The second-order valence-electron chi connectivity index (χ2n) is 5.11. The predicted octanol–water partition coefficient (Wildman–Crippen LogP) is 4.99. The Kier molecular flexibility index (Phi) is 3.81. The molecule has 0 amide bonds. The molecule has 88 valence electrons. The number of hydrogen-bond acceptors (Lipinski definition) is 0. The molecule has 2 rings (SSSR count). The highest BCUT2D eigenvalue weighted by Gasteiger charge is 2.33. The van der Waals surface area contributed by atoms with Gasteiger partial charge in [-0.25, -0.2) is 0 Å². The van der Waals surface area contributed by atoms with E-state index >= 15 is 0 Å². The van der Waals surface area contributed by atoms with Crippen LogP contribution in [0.1, 0.15) is 36.8 Å². The normalized spacial score (nSPS) is 18.9. The minimum absolute atomic E-state index is 0.306. The van der Waals surface area contributed by atoms with Gasteiger partial charge in [-0.15, -0.1) is 11.6 Å². The first kappa shape index (κ1) is 12.3. The van der Waals surface area contributed by atoms with E-state index in [9.17, 15) is 0 Å². The quantitative estimate of drug-likeness (QED) is 0.669. The van der Waals surface area contributed by atoms with E-state index in [0.29, 0.717) is 5.41 Å². The maximum atomic E-state index is 6.28. The third-order valence-corrected chi connectivity index (χ3v) is 4.64. The molecule has 16 heavy (non-hydrogen) atoms. The zero-order valence-electron chi connectivity index (χ0n) is 9.73. The van der Waals surface area contributed by atoms with E-state index in [0.717, 1.165) is 17.3 Å². The van der Waals surface area contributed by atoms with Crippen molar-refractivity contribution in [3.63, 3.8) is 0 Å². The molecule has 0 aromatic heterocycles. The molecule has 2 heteroatoms. The Bertz CT molecular complexity index is 365. The fraction of sp³-hybridized carbons (Fsp3) is 0.571. The van der Waals surface area contributed by atoms with Crippen LogP contribution < -0.4 is 0 Å². The molecular formula is C14H18Cl2. The Morgan fingerprint density at radius 2 is 1.94 bits per heavy atom. The Morgan fingerprint density at radius 3 is 2.50 bits per heavy atom. The molecule has 0 nitrogen and oxygen atoms in total. The number of rotatable bonds is 3. The van der Waals surface area contributed by atoms with Gasteiger partial charge in [-0.2, -0.15) is 0 Å². The van der Waals surface area contributed by atoms with Crippen LogP contribution in [0.15, 0.2) is 18.2 Å². The van der Waals surface area contributed by atoms with Crippen molar-refractivity contribution in [2.75, 3.05) is 5.88 Å². The SMILES string of the molecule is Cc1ccc(CC2(CCl)CCCC2)c(Cl)c1. The molecule has 0 spiro atoms. The van der Waals surface area contributed by atoms with Crippen LogP contribution >= 0.6 is 23.2 Å². The lowest BCUT2D eigenvalue weighted by molar-refractivity contribution is 0.341. The van der Waals surface area contributed by atoms with E-state index in [1.165, 1.54) is 36.8 Å². The van der Waals surface area contributed by atoms with E-state index in [4.69, 9.17) is 23.2 Å². The first-order valence-electron chi connectivity index (χ1n) is 5.96. The van der Waals surface area contributed by atoms with Gasteiger partial charge in [-0.05, 0) is 48.8 Å². The van der Waals surface area contributed by atoms with E-state index in [1.54, 1.807) is 0 Å². The zero-order chi connectivity index (χ0) is 11.6. The molecule has 0 heterocycles.